The Balaban J connectivity index is 2.43. The normalized spacial score (nSPS) is 34.9. The Bertz CT molecular complexity index is 114. The van der Waals surface area contributed by atoms with Crippen molar-refractivity contribution in [2.24, 2.45) is 11.7 Å². The van der Waals surface area contributed by atoms with Crippen LogP contribution in [0.25, 0.3) is 0 Å². The highest BCUT2D eigenvalue weighted by atomic mass is 16.1. The Morgan fingerprint density at radius 3 is 2.60 bits per heavy atom. The van der Waals surface area contributed by atoms with Crippen LogP contribution in [0.4, 0.5) is 0 Å². The molecule has 1 saturated carbocycles. The molecule has 2 heteroatoms. The lowest BCUT2D eigenvalue weighted by Gasteiger charge is -2.13. The molecule has 0 aromatic rings. The van der Waals surface area contributed by atoms with Crippen LogP contribution in [0.2, 0.25) is 0 Å². The van der Waals surface area contributed by atoms with E-state index in [4.69, 9.17) is 5.73 Å². The minimum Gasteiger partial charge on any atom is -0.327 e. The van der Waals surface area contributed by atoms with Gasteiger partial charge in [0.05, 0.1) is 0 Å². The predicted octanol–water partition coefficient (Wildman–Crippen LogP) is 1.09. The van der Waals surface area contributed by atoms with E-state index in [9.17, 15) is 4.79 Å². The van der Waals surface area contributed by atoms with Crippen LogP contribution in [-0.2, 0) is 4.79 Å². The predicted molar refractivity (Wildman–Crippen MR) is 40.6 cm³/mol. The van der Waals surface area contributed by atoms with Crippen LogP contribution in [-0.4, -0.2) is 12.3 Å². The number of aldehydes is 1. The molecule has 0 heterocycles. The summed E-state index contributed by atoms with van der Waals surface area (Å²) in [5.41, 5.74) is 5.76. The first-order valence-corrected chi connectivity index (χ1v) is 4.05. The van der Waals surface area contributed by atoms with E-state index in [0.29, 0.717) is 0 Å². The summed E-state index contributed by atoms with van der Waals surface area (Å²) in [4.78, 5) is 10.4. The second-order valence-electron chi connectivity index (χ2n) is 3.10. The molecule has 2 atom stereocenters. The molecule has 1 rings (SSSR count). The van der Waals surface area contributed by atoms with Crippen molar-refractivity contribution in [3.8, 4) is 0 Å². The summed E-state index contributed by atoms with van der Waals surface area (Å²) < 4.78 is 0. The third kappa shape index (κ3) is 1.81. The van der Waals surface area contributed by atoms with Crippen LogP contribution in [0.15, 0.2) is 0 Å². The summed E-state index contributed by atoms with van der Waals surface area (Å²) in [7, 11) is 0. The Kier molecular flexibility index (Phi) is 2.87. The molecule has 2 unspecified atom stereocenters. The van der Waals surface area contributed by atoms with Crippen molar-refractivity contribution in [3.05, 3.63) is 0 Å². The lowest BCUT2D eigenvalue weighted by molar-refractivity contribution is -0.111. The molecule has 0 radical (unpaired) electrons. The van der Waals surface area contributed by atoms with E-state index in [1.165, 1.54) is 19.3 Å². The Morgan fingerprint density at radius 2 is 1.90 bits per heavy atom. The van der Waals surface area contributed by atoms with Gasteiger partial charge in [0.1, 0.15) is 6.29 Å². The first-order chi connectivity index (χ1) is 4.84. The molecule has 2 nitrogen and oxygen atoms in total. The Morgan fingerprint density at radius 1 is 1.20 bits per heavy atom. The van der Waals surface area contributed by atoms with Crippen LogP contribution in [0.3, 0.4) is 0 Å². The molecule has 0 aromatic heterocycles. The zero-order valence-electron chi connectivity index (χ0n) is 6.25. The molecule has 0 aromatic carbocycles. The number of nitrogens with two attached hydrogens (primary N) is 1. The summed E-state index contributed by atoms with van der Waals surface area (Å²) in [5, 5.41) is 0. The van der Waals surface area contributed by atoms with E-state index < -0.39 is 0 Å². The minimum atomic E-state index is 0.139. The molecule has 0 amide bonds. The smallest absolute Gasteiger partial charge is 0.124 e. The topological polar surface area (TPSA) is 43.1 Å². The van der Waals surface area contributed by atoms with Gasteiger partial charge in [0.25, 0.3) is 0 Å². The average Bonchev–Trinajstić information content (AvgIpc) is 2.13. The fraction of sp³-hybridized carbons (Fsp3) is 0.875. The van der Waals surface area contributed by atoms with Gasteiger partial charge in [0.2, 0.25) is 0 Å². The molecule has 0 spiro atoms. The SMILES string of the molecule is NC1CCCCCC1C=O. The maximum atomic E-state index is 10.4. The molecule has 58 valence electrons. The van der Waals surface area contributed by atoms with Crippen molar-refractivity contribution in [2.45, 2.75) is 38.1 Å². The maximum absolute atomic E-state index is 10.4. The Labute approximate surface area is 61.8 Å². The molecule has 1 aliphatic carbocycles. The zero-order chi connectivity index (χ0) is 7.40. The lowest BCUT2D eigenvalue weighted by Crippen LogP contribution is -2.29. The monoisotopic (exact) mass is 141 g/mol. The molecule has 1 fully saturated rings. The van der Waals surface area contributed by atoms with Gasteiger partial charge in [-0.25, -0.2) is 0 Å². The van der Waals surface area contributed by atoms with Crippen molar-refractivity contribution in [1.29, 1.82) is 0 Å². The summed E-state index contributed by atoms with van der Waals surface area (Å²) in [6.07, 6.45) is 6.69. The highest BCUT2D eigenvalue weighted by Crippen LogP contribution is 2.19. The van der Waals surface area contributed by atoms with Crippen LogP contribution < -0.4 is 5.73 Å². The largest absolute Gasteiger partial charge is 0.327 e. The summed E-state index contributed by atoms with van der Waals surface area (Å²) in [6, 6.07) is 0.139. The minimum absolute atomic E-state index is 0.139. The third-order valence-corrected chi connectivity index (χ3v) is 2.30. The molecule has 10 heavy (non-hydrogen) atoms. The van der Waals surface area contributed by atoms with E-state index in [0.717, 1.165) is 19.1 Å². The molecular formula is C8H15NO. The van der Waals surface area contributed by atoms with Crippen LogP contribution >= 0.6 is 0 Å². The van der Waals surface area contributed by atoms with Gasteiger partial charge >= 0.3 is 0 Å². The van der Waals surface area contributed by atoms with Crippen molar-refractivity contribution in [2.75, 3.05) is 0 Å². The third-order valence-electron chi connectivity index (χ3n) is 2.30. The van der Waals surface area contributed by atoms with Crippen molar-refractivity contribution >= 4 is 6.29 Å². The molecule has 0 aliphatic heterocycles. The number of hydrogen-bond acceptors (Lipinski definition) is 2. The highest BCUT2D eigenvalue weighted by molar-refractivity contribution is 5.54. The second kappa shape index (κ2) is 3.71. The van der Waals surface area contributed by atoms with Gasteiger partial charge in [-0.05, 0) is 12.8 Å². The summed E-state index contributed by atoms with van der Waals surface area (Å²) in [6.45, 7) is 0. The van der Waals surface area contributed by atoms with Gasteiger partial charge in [-0.15, -0.1) is 0 Å². The maximum Gasteiger partial charge on any atom is 0.124 e. The summed E-state index contributed by atoms with van der Waals surface area (Å²) in [5.74, 6) is 0.141. The molecule has 2 N–H and O–H groups in total. The highest BCUT2D eigenvalue weighted by Gasteiger charge is 2.18. The fourth-order valence-corrected chi connectivity index (χ4v) is 1.53. The number of carbonyl (C=O) groups is 1. The molecule has 1 aliphatic rings. The fourth-order valence-electron chi connectivity index (χ4n) is 1.53. The molecule has 0 saturated heterocycles. The molecular weight excluding hydrogens is 126 g/mol. The standard InChI is InChI=1S/C8H15NO/c9-8-5-3-1-2-4-7(8)6-10/h6-8H,1-5,9H2. The van der Waals surface area contributed by atoms with E-state index in [-0.39, 0.29) is 12.0 Å². The van der Waals surface area contributed by atoms with Gasteiger partial charge in [0.15, 0.2) is 0 Å². The van der Waals surface area contributed by atoms with Gasteiger partial charge in [-0.3, -0.25) is 0 Å². The number of carbonyl (C=O) groups excluding carboxylic acids is 1. The van der Waals surface area contributed by atoms with Gasteiger partial charge in [-0.1, -0.05) is 19.3 Å². The van der Waals surface area contributed by atoms with Crippen LogP contribution in [0.5, 0.6) is 0 Å². The lowest BCUT2D eigenvalue weighted by atomic mass is 9.98. The Hall–Kier alpha value is -0.370. The van der Waals surface area contributed by atoms with E-state index in [1.54, 1.807) is 0 Å². The van der Waals surface area contributed by atoms with Crippen molar-refractivity contribution < 1.29 is 4.79 Å². The first-order valence-electron chi connectivity index (χ1n) is 4.05. The number of hydrogen-bond donors (Lipinski definition) is 1. The van der Waals surface area contributed by atoms with Crippen molar-refractivity contribution in [1.82, 2.24) is 0 Å². The van der Waals surface area contributed by atoms with Crippen molar-refractivity contribution in [3.63, 3.8) is 0 Å². The van der Waals surface area contributed by atoms with Gasteiger partial charge in [0, 0.05) is 12.0 Å². The number of rotatable bonds is 1. The first kappa shape index (κ1) is 7.73. The van der Waals surface area contributed by atoms with Gasteiger partial charge in [-0.2, -0.15) is 0 Å². The van der Waals surface area contributed by atoms with Gasteiger partial charge < -0.3 is 10.5 Å². The van der Waals surface area contributed by atoms with E-state index in [1.807, 2.05) is 0 Å². The average molecular weight is 141 g/mol. The quantitative estimate of drug-likeness (QED) is 0.439. The van der Waals surface area contributed by atoms with Crippen LogP contribution in [0.1, 0.15) is 32.1 Å². The molecule has 0 bridgehead atoms. The van der Waals surface area contributed by atoms with Crippen LogP contribution in [0, 0.1) is 5.92 Å². The van der Waals surface area contributed by atoms with E-state index in [2.05, 4.69) is 0 Å². The van der Waals surface area contributed by atoms with E-state index >= 15 is 0 Å². The summed E-state index contributed by atoms with van der Waals surface area (Å²) >= 11 is 0. The second-order valence-corrected chi connectivity index (χ2v) is 3.10. The zero-order valence-corrected chi connectivity index (χ0v) is 6.25.